The number of ether oxygens (including phenoxy) is 1. The molecule has 2 aromatic heterocycles. The average Bonchev–Trinajstić information content (AvgIpc) is 3.26. The molecule has 4 nitrogen and oxygen atoms in total. The first-order valence-electron chi connectivity index (χ1n) is 9.31. The molecule has 0 radical (unpaired) electrons. The second-order valence-corrected chi connectivity index (χ2v) is 8.88. The molecule has 2 saturated heterocycles. The fourth-order valence-corrected chi connectivity index (χ4v) is 5.27. The minimum Gasteiger partial charge on any atom is -0.468 e. The average molecular weight is 361 g/mol. The highest BCUT2D eigenvalue weighted by Crippen LogP contribution is 2.32. The fourth-order valence-electron chi connectivity index (χ4n) is 4.34. The maximum Gasteiger partial charge on any atom is 0.117 e. The molecule has 0 aromatic carbocycles. The van der Waals surface area contributed by atoms with Crippen LogP contribution in [0.15, 0.2) is 34.9 Å². The summed E-state index contributed by atoms with van der Waals surface area (Å²) < 4.78 is 11.8. The third-order valence-corrected chi connectivity index (χ3v) is 6.52. The Labute approximate surface area is 154 Å². The van der Waals surface area contributed by atoms with E-state index in [1.807, 2.05) is 17.4 Å². The summed E-state index contributed by atoms with van der Waals surface area (Å²) in [7, 11) is 2.21. The maximum atomic E-state index is 6.24. The van der Waals surface area contributed by atoms with Crippen LogP contribution in [0.1, 0.15) is 28.4 Å². The molecule has 3 atom stereocenters. The molecule has 2 aliphatic rings. The SMILES string of the molecule is Cc1ccc(CN2C[C@@H]3CCCO[C@@H]3[C@H](N(C)Cc3ccco3)C2)s1. The molecule has 4 heterocycles. The van der Waals surface area contributed by atoms with Gasteiger partial charge in [0, 0.05) is 42.0 Å². The molecule has 0 amide bonds. The zero-order valence-corrected chi connectivity index (χ0v) is 16.0. The van der Waals surface area contributed by atoms with Crippen molar-refractivity contribution < 1.29 is 9.15 Å². The summed E-state index contributed by atoms with van der Waals surface area (Å²) in [5.74, 6) is 1.67. The van der Waals surface area contributed by atoms with Crippen molar-refractivity contribution in [2.45, 2.75) is 45.0 Å². The summed E-state index contributed by atoms with van der Waals surface area (Å²) in [5.41, 5.74) is 0. The normalized spacial score (nSPS) is 27.6. The van der Waals surface area contributed by atoms with Crippen LogP contribution in [-0.4, -0.2) is 48.7 Å². The molecular formula is C20H28N2O2S. The number of likely N-dealkylation sites (N-methyl/N-ethyl adjacent to an activating group) is 1. The molecule has 0 spiro atoms. The lowest BCUT2D eigenvalue weighted by Crippen LogP contribution is -2.59. The fraction of sp³-hybridized carbons (Fsp3) is 0.600. The van der Waals surface area contributed by atoms with Crippen LogP contribution < -0.4 is 0 Å². The second-order valence-electron chi connectivity index (χ2n) is 7.51. The third kappa shape index (κ3) is 4.00. The monoisotopic (exact) mass is 360 g/mol. The smallest absolute Gasteiger partial charge is 0.117 e. The van der Waals surface area contributed by atoms with E-state index in [4.69, 9.17) is 9.15 Å². The molecule has 0 aliphatic carbocycles. The molecule has 5 heteroatoms. The van der Waals surface area contributed by atoms with Gasteiger partial charge in [-0.05, 0) is 57.0 Å². The van der Waals surface area contributed by atoms with E-state index in [-0.39, 0.29) is 0 Å². The van der Waals surface area contributed by atoms with Crippen LogP contribution in [0.2, 0.25) is 0 Å². The Morgan fingerprint density at radius 3 is 2.96 bits per heavy atom. The molecule has 0 N–H and O–H groups in total. The first kappa shape index (κ1) is 17.3. The minimum atomic E-state index is 0.357. The Hall–Kier alpha value is -1.14. The van der Waals surface area contributed by atoms with E-state index in [1.54, 1.807) is 6.26 Å². The van der Waals surface area contributed by atoms with Gasteiger partial charge in [0.2, 0.25) is 0 Å². The second kappa shape index (κ2) is 7.62. The molecular weight excluding hydrogens is 332 g/mol. The van der Waals surface area contributed by atoms with E-state index in [0.717, 1.165) is 38.5 Å². The Morgan fingerprint density at radius 1 is 1.28 bits per heavy atom. The van der Waals surface area contributed by atoms with E-state index < -0.39 is 0 Å². The first-order chi connectivity index (χ1) is 12.2. The Bertz CT molecular complexity index is 669. The predicted octanol–water partition coefficient (Wildman–Crippen LogP) is 3.76. The van der Waals surface area contributed by atoms with Crippen molar-refractivity contribution in [1.29, 1.82) is 0 Å². The first-order valence-corrected chi connectivity index (χ1v) is 10.1. The van der Waals surface area contributed by atoms with Crippen LogP contribution in [0.25, 0.3) is 0 Å². The van der Waals surface area contributed by atoms with Crippen molar-refractivity contribution >= 4 is 11.3 Å². The summed E-state index contributed by atoms with van der Waals surface area (Å²) in [6, 6.07) is 8.97. The summed E-state index contributed by atoms with van der Waals surface area (Å²) in [6.45, 7) is 7.23. The van der Waals surface area contributed by atoms with Gasteiger partial charge in [-0.2, -0.15) is 0 Å². The zero-order chi connectivity index (χ0) is 17.2. The molecule has 2 aromatic rings. The van der Waals surface area contributed by atoms with Crippen molar-refractivity contribution in [2.24, 2.45) is 5.92 Å². The number of thiophene rings is 1. The summed E-state index contributed by atoms with van der Waals surface area (Å²) in [5, 5.41) is 0. The number of hydrogen-bond donors (Lipinski definition) is 0. The molecule has 0 bridgehead atoms. The lowest BCUT2D eigenvalue weighted by Gasteiger charge is -2.48. The highest BCUT2D eigenvalue weighted by Gasteiger charge is 2.41. The van der Waals surface area contributed by atoms with Gasteiger partial charge in [0.1, 0.15) is 5.76 Å². The van der Waals surface area contributed by atoms with Gasteiger partial charge in [-0.1, -0.05) is 0 Å². The summed E-state index contributed by atoms with van der Waals surface area (Å²) in [4.78, 5) is 7.93. The topological polar surface area (TPSA) is 28.9 Å². The highest BCUT2D eigenvalue weighted by atomic mass is 32.1. The molecule has 2 fully saturated rings. The van der Waals surface area contributed by atoms with Gasteiger partial charge in [0.05, 0.1) is 18.9 Å². The van der Waals surface area contributed by atoms with Crippen LogP contribution in [0.4, 0.5) is 0 Å². The van der Waals surface area contributed by atoms with Crippen molar-refractivity contribution in [3.05, 3.63) is 46.0 Å². The van der Waals surface area contributed by atoms with Gasteiger partial charge >= 0.3 is 0 Å². The molecule has 0 unspecified atom stereocenters. The number of fused-ring (bicyclic) bond motifs is 1. The maximum absolute atomic E-state index is 6.24. The molecule has 136 valence electrons. The molecule has 25 heavy (non-hydrogen) atoms. The van der Waals surface area contributed by atoms with Crippen molar-refractivity contribution in [1.82, 2.24) is 9.80 Å². The number of aryl methyl sites for hydroxylation is 1. The van der Waals surface area contributed by atoms with E-state index >= 15 is 0 Å². The number of piperidine rings is 1. The molecule has 4 rings (SSSR count). The minimum absolute atomic E-state index is 0.357. The van der Waals surface area contributed by atoms with Crippen LogP contribution in [-0.2, 0) is 17.8 Å². The standard InChI is InChI=1S/C20H28N2O2S/c1-15-7-8-18(25-15)13-22-11-16-5-3-10-24-20(16)19(14-22)21(2)12-17-6-4-9-23-17/h4,6-9,16,19-20H,3,5,10-14H2,1-2H3/t16-,19+,20-/m0/s1. The Balaban J connectivity index is 1.48. The Kier molecular flexibility index (Phi) is 5.27. The van der Waals surface area contributed by atoms with Gasteiger partial charge < -0.3 is 9.15 Å². The van der Waals surface area contributed by atoms with E-state index in [2.05, 4.69) is 42.0 Å². The van der Waals surface area contributed by atoms with Crippen molar-refractivity contribution in [3.8, 4) is 0 Å². The van der Waals surface area contributed by atoms with E-state index in [0.29, 0.717) is 18.1 Å². The van der Waals surface area contributed by atoms with Crippen LogP contribution in [0.3, 0.4) is 0 Å². The zero-order valence-electron chi connectivity index (χ0n) is 15.2. The van der Waals surface area contributed by atoms with Gasteiger partial charge in [-0.3, -0.25) is 9.80 Å². The van der Waals surface area contributed by atoms with Gasteiger partial charge in [0.15, 0.2) is 0 Å². The van der Waals surface area contributed by atoms with E-state index in [9.17, 15) is 0 Å². The number of rotatable bonds is 5. The van der Waals surface area contributed by atoms with Crippen molar-refractivity contribution in [2.75, 3.05) is 26.7 Å². The quantitative estimate of drug-likeness (QED) is 0.812. The number of likely N-dealkylation sites (tertiary alicyclic amines) is 1. The van der Waals surface area contributed by atoms with Gasteiger partial charge in [-0.15, -0.1) is 11.3 Å². The third-order valence-electron chi connectivity index (χ3n) is 5.54. The lowest BCUT2D eigenvalue weighted by molar-refractivity contribution is -0.113. The largest absolute Gasteiger partial charge is 0.468 e. The van der Waals surface area contributed by atoms with Gasteiger partial charge in [0.25, 0.3) is 0 Å². The van der Waals surface area contributed by atoms with Crippen LogP contribution in [0, 0.1) is 12.8 Å². The predicted molar refractivity (Wildman–Crippen MR) is 101 cm³/mol. The van der Waals surface area contributed by atoms with Crippen LogP contribution in [0.5, 0.6) is 0 Å². The lowest BCUT2D eigenvalue weighted by atomic mass is 9.84. The molecule has 2 aliphatic heterocycles. The van der Waals surface area contributed by atoms with Crippen molar-refractivity contribution in [3.63, 3.8) is 0 Å². The number of furan rings is 1. The van der Waals surface area contributed by atoms with Crippen LogP contribution >= 0.6 is 11.3 Å². The summed E-state index contributed by atoms with van der Waals surface area (Å²) >= 11 is 1.92. The highest BCUT2D eigenvalue weighted by molar-refractivity contribution is 7.11. The number of hydrogen-bond acceptors (Lipinski definition) is 5. The van der Waals surface area contributed by atoms with Gasteiger partial charge in [-0.25, -0.2) is 0 Å². The Morgan fingerprint density at radius 2 is 2.20 bits per heavy atom. The number of nitrogens with zero attached hydrogens (tertiary/aromatic N) is 2. The van der Waals surface area contributed by atoms with E-state index in [1.165, 1.54) is 22.6 Å². The summed E-state index contributed by atoms with van der Waals surface area (Å²) in [6.07, 6.45) is 4.60. The molecule has 0 saturated carbocycles.